The van der Waals surface area contributed by atoms with Gasteiger partial charge in [-0.2, -0.15) is 0 Å². The van der Waals surface area contributed by atoms with Crippen LogP contribution in [0.5, 0.6) is 0 Å². The third-order valence-electron chi connectivity index (χ3n) is 4.57. The highest BCUT2D eigenvalue weighted by Gasteiger charge is 2.35. The normalized spacial score (nSPS) is 28.1. The number of nitrogens with zero attached hydrogens (tertiary/aromatic N) is 1. The van der Waals surface area contributed by atoms with Crippen molar-refractivity contribution in [2.24, 2.45) is 0 Å². The van der Waals surface area contributed by atoms with Crippen molar-refractivity contribution in [1.29, 1.82) is 0 Å². The molecule has 1 aromatic carbocycles. The van der Waals surface area contributed by atoms with E-state index in [2.05, 4.69) is 23.2 Å². The Morgan fingerprint density at radius 2 is 2.11 bits per heavy atom. The number of nitrogens with one attached hydrogen (secondary N) is 1. The molecule has 2 aliphatic heterocycles. The summed E-state index contributed by atoms with van der Waals surface area (Å²) in [6.07, 6.45) is 5.37. The van der Waals surface area contributed by atoms with E-state index in [0.29, 0.717) is 6.04 Å². The maximum absolute atomic E-state index is 5.98. The molecule has 2 atom stereocenters. The molecule has 0 amide bonds. The number of benzene rings is 1. The number of hydrogen-bond acceptors (Lipinski definition) is 3. The van der Waals surface area contributed by atoms with E-state index in [-0.39, 0.29) is 0 Å². The van der Waals surface area contributed by atoms with Gasteiger partial charge in [-0.1, -0.05) is 12.5 Å². The predicted octanol–water partition coefficient (Wildman–Crippen LogP) is 2.62. The van der Waals surface area contributed by atoms with Gasteiger partial charge < -0.3 is 11.1 Å². The first-order valence-corrected chi connectivity index (χ1v) is 7.11. The standard InChI is InChI=1S/C15H23N3/c1-11-12(16)5-4-6-13(11)17-14-8-10-18-9-3-2-7-15(14)18/h4-6,14-15,17H,2-3,7-10,16H2,1H3. The SMILES string of the molecule is Cc1c(N)cccc1NC1CCN2CCCCC12. The Morgan fingerprint density at radius 3 is 3.00 bits per heavy atom. The summed E-state index contributed by atoms with van der Waals surface area (Å²) in [6.45, 7) is 4.65. The minimum absolute atomic E-state index is 0.603. The first-order valence-electron chi connectivity index (χ1n) is 7.11. The molecule has 18 heavy (non-hydrogen) atoms. The van der Waals surface area contributed by atoms with Gasteiger partial charge in [0, 0.05) is 30.0 Å². The highest BCUT2D eigenvalue weighted by molar-refractivity contribution is 5.63. The summed E-state index contributed by atoms with van der Waals surface area (Å²) in [4.78, 5) is 2.66. The molecule has 0 spiro atoms. The number of fused-ring (bicyclic) bond motifs is 1. The molecule has 2 unspecified atom stereocenters. The lowest BCUT2D eigenvalue weighted by atomic mass is 9.98. The fourth-order valence-electron chi connectivity index (χ4n) is 3.43. The van der Waals surface area contributed by atoms with E-state index < -0.39 is 0 Å². The Kier molecular flexibility index (Phi) is 3.16. The van der Waals surface area contributed by atoms with E-state index in [0.717, 1.165) is 11.7 Å². The summed E-state index contributed by atoms with van der Waals surface area (Å²) < 4.78 is 0. The minimum atomic E-state index is 0.603. The van der Waals surface area contributed by atoms with Crippen LogP contribution < -0.4 is 11.1 Å². The van der Waals surface area contributed by atoms with Crippen LogP contribution in [0.15, 0.2) is 18.2 Å². The van der Waals surface area contributed by atoms with Crippen LogP contribution in [0.4, 0.5) is 11.4 Å². The zero-order chi connectivity index (χ0) is 12.5. The van der Waals surface area contributed by atoms with Crippen LogP contribution in [-0.2, 0) is 0 Å². The van der Waals surface area contributed by atoms with Gasteiger partial charge in [-0.3, -0.25) is 4.90 Å². The van der Waals surface area contributed by atoms with Crippen LogP contribution in [-0.4, -0.2) is 30.1 Å². The Morgan fingerprint density at radius 1 is 1.22 bits per heavy atom. The number of rotatable bonds is 2. The molecule has 0 bridgehead atoms. The zero-order valence-corrected chi connectivity index (χ0v) is 11.2. The van der Waals surface area contributed by atoms with Crippen LogP contribution in [0.2, 0.25) is 0 Å². The average molecular weight is 245 g/mol. The van der Waals surface area contributed by atoms with Crippen molar-refractivity contribution in [3.8, 4) is 0 Å². The molecule has 98 valence electrons. The molecule has 1 aromatic rings. The molecule has 3 heteroatoms. The highest BCUT2D eigenvalue weighted by Crippen LogP contribution is 2.31. The molecule has 2 saturated heterocycles. The van der Waals surface area contributed by atoms with E-state index in [9.17, 15) is 0 Å². The van der Waals surface area contributed by atoms with Crippen molar-refractivity contribution >= 4 is 11.4 Å². The summed E-state index contributed by atoms with van der Waals surface area (Å²) in [5, 5.41) is 3.73. The van der Waals surface area contributed by atoms with Crippen molar-refractivity contribution < 1.29 is 0 Å². The number of nitrogen functional groups attached to an aromatic ring is 1. The highest BCUT2D eigenvalue weighted by atomic mass is 15.2. The number of piperidine rings is 1. The average Bonchev–Trinajstić information content (AvgIpc) is 2.79. The Balaban J connectivity index is 1.74. The van der Waals surface area contributed by atoms with Crippen molar-refractivity contribution in [2.45, 2.75) is 44.7 Å². The van der Waals surface area contributed by atoms with Gasteiger partial charge in [0.25, 0.3) is 0 Å². The van der Waals surface area contributed by atoms with E-state index in [1.165, 1.54) is 50.0 Å². The topological polar surface area (TPSA) is 41.3 Å². The van der Waals surface area contributed by atoms with Crippen LogP contribution in [0.3, 0.4) is 0 Å². The second-order valence-electron chi connectivity index (χ2n) is 5.66. The van der Waals surface area contributed by atoms with Gasteiger partial charge in [0.15, 0.2) is 0 Å². The molecular formula is C15H23N3. The molecule has 3 nitrogen and oxygen atoms in total. The van der Waals surface area contributed by atoms with Crippen molar-refractivity contribution in [3.63, 3.8) is 0 Å². The lowest BCUT2D eigenvalue weighted by Crippen LogP contribution is -2.41. The van der Waals surface area contributed by atoms with Gasteiger partial charge in [0.2, 0.25) is 0 Å². The van der Waals surface area contributed by atoms with Gasteiger partial charge in [0.1, 0.15) is 0 Å². The molecule has 0 aromatic heterocycles. The van der Waals surface area contributed by atoms with Crippen molar-refractivity contribution in [2.75, 3.05) is 24.1 Å². The molecule has 3 N–H and O–H groups in total. The summed E-state index contributed by atoms with van der Waals surface area (Å²) >= 11 is 0. The van der Waals surface area contributed by atoms with Gasteiger partial charge in [-0.15, -0.1) is 0 Å². The first kappa shape index (κ1) is 11.8. The first-order chi connectivity index (χ1) is 8.75. The minimum Gasteiger partial charge on any atom is -0.398 e. The maximum atomic E-state index is 5.98. The van der Waals surface area contributed by atoms with E-state index in [1.54, 1.807) is 0 Å². The van der Waals surface area contributed by atoms with Crippen LogP contribution in [0.25, 0.3) is 0 Å². The molecule has 2 aliphatic rings. The quantitative estimate of drug-likeness (QED) is 0.787. The van der Waals surface area contributed by atoms with Gasteiger partial charge >= 0.3 is 0 Å². The van der Waals surface area contributed by atoms with Gasteiger partial charge in [-0.05, 0) is 50.4 Å². The largest absolute Gasteiger partial charge is 0.398 e. The third kappa shape index (κ3) is 2.07. The second-order valence-corrected chi connectivity index (χ2v) is 5.66. The lowest BCUT2D eigenvalue weighted by molar-refractivity contribution is 0.193. The molecule has 3 rings (SSSR count). The number of nitrogens with two attached hydrogens (primary N) is 1. The summed E-state index contributed by atoms with van der Waals surface area (Å²) in [5.41, 5.74) is 9.27. The summed E-state index contributed by atoms with van der Waals surface area (Å²) in [6, 6.07) is 7.50. The Labute approximate surface area is 109 Å². The Hall–Kier alpha value is -1.22. The van der Waals surface area contributed by atoms with Gasteiger partial charge in [-0.25, -0.2) is 0 Å². The second kappa shape index (κ2) is 4.81. The fourth-order valence-corrected chi connectivity index (χ4v) is 3.43. The zero-order valence-electron chi connectivity index (χ0n) is 11.2. The van der Waals surface area contributed by atoms with Crippen LogP contribution in [0, 0.1) is 6.92 Å². The third-order valence-corrected chi connectivity index (χ3v) is 4.57. The van der Waals surface area contributed by atoms with E-state index in [1.807, 2.05) is 12.1 Å². The number of hydrogen-bond donors (Lipinski definition) is 2. The van der Waals surface area contributed by atoms with E-state index >= 15 is 0 Å². The van der Waals surface area contributed by atoms with Crippen LogP contribution in [0.1, 0.15) is 31.2 Å². The number of anilines is 2. The molecule has 0 radical (unpaired) electrons. The predicted molar refractivity (Wildman–Crippen MR) is 76.8 cm³/mol. The molecular weight excluding hydrogens is 222 g/mol. The monoisotopic (exact) mass is 245 g/mol. The fraction of sp³-hybridized carbons (Fsp3) is 0.600. The van der Waals surface area contributed by atoms with E-state index in [4.69, 9.17) is 5.73 Å². The summed E-state index contributed by atoms with van der Waals surface area (Å²) in [7, 11) is 0. The molecule has 0 aliphatic carbocycles. The summed E-state index contributed by atoms with van der Waals surface area (Å²) in [5.74, 6) is 0. The lowest BCUT2D eigenvalue weighted by Gasteiger charge is -2.33. The maximum Gasteiger partial charge on any atom is 0.0429 e. The molecule has 0 saturated carbocycles. The molecule has 2 fully saturated rings. The van der Waals surface area contributed by atoms with Crippen molar-refractivity contribution in [1.82, 2.24) is 4.90 Å². The van der Waals surface area contributed by atoms with Crippen molar-refractivity contribution in [3.05, 3.63) is 23.8 Å². The van der Waals surface area contributed by atoms with Crippen LogP contribution >= 0.6 is 0 Å². The Bertz CT molecular complexity index is 430. The molecule has 2 heterocycles. The smallest absolute Gasteiger partial charge is 0.0429 e. The van der Waals surface area contributed by atoms with Gasteiger partial charge in [0.05, 0.1) is 0 Å².